The molecule has 0 spiro atoms. The van der Waals surface area contributed by atoms with Crippen molar-refractivity contribution in [2.45, 2.75) is 70.4 Å². The third-order valence-electron chi connectivity index (χ3n) is 5.52. The third-order valence-corrected chi connectivity index (χ3v) is 5.52. The molecule has 1 aliphatic carbocycles. The summed E-state index contributed by atoms with van der Waals surface area (Å²) in [4.78, 5) is 23.7. The van der Waals surface area contributed by atoms with Crippen molar-refractivity contribution < 1.29 is 9.47 Å². The van der Waals surface area contributed by atoms with E-state index in [1.165, 1.54) is 25.7 Å². The number of aryl methyl sites for hydroxylation is 1. The van der Waals surface area contributed by atoms with Gasteiger partial charge in [0.15, 0.2) is 11.5 Å². The van der Waals surface area contributed by atoms with Crippen LogP contribution < -0.4 is 16.2 Å². The number of aromatic nitrogens is 4. The van der Waals surface area contributed by atoms with Gasteiger partial charge in [-0.05, 0) is 50.9 Å². The number of hydrogen-bond acceptors (Lipinski definition) is 6. The standard InChI is InChI=1S/C19H29N5O3/c20-16-15-17(23-18(22-16)27-12-9-13-7-8-13)24(19(25)21-15)10-3-1-5-14-6-2-4-11-26-14/h13-14H,1-12H2,(H,21,25)(H2,20,22,23). The van der Waals surface area contributed by atoms with Gasteiger partial charge in [-0.1, -0.05) is 12.8 Å². The molecule has 0 amide bonds. The zero-order chi connectivity index (χ0) is 18.6. The second-order valence-corrected chi connectivity index (χ2v) is 7.74. The van der Waals surface area contributed by atoms with Crippen LogP contribution in [0.1, 0.15) is 57.8 Å². The Labute approximate surface area is 158 Å². The number of fused-ring (bicyclic) bond motifs is 1. The normalized spacial score (nSPS) is 20.2. The summed E-state index contributed by atoms with van der Waals surface area (Å²) in [5, 5.41) is 0. The van der Waals surface area contributed by atoms with E-state index in [1.807, 2.05) is 0 Å². The molecule has 148 valence electrons. The number of aromatic amines is 1. The molecule has 3 N–H and O–H groups in total. The van der Waals surface area contributed by atoms with Gasteiger partial charge in [0.1, 0.15) is 5.52 Å². The van der Waals surface area contributed by atoms with Crippen molar-refractivity contribution in [3.8, 4) is 6.01 Å². The minimum atomic E-state index is -0.199. The van der Waals surface area contributed by atoms with Gasteiger partial charge in [-0.3, -0.25) is 4.57 Å². The Morgan fingerprint density at radius 2 is 2.07 bits per heavy atom. The molecular weight excluding hydrogens is 346 g/mol. The highest BCUT2D eigenvalue weighted by atomic mass is 16.5. The highest BCUT2D eigenvalue weighted by Gasteiger charge is 2.21. The summed E-state index contributed by atoms with van der Waals surface area (Å²) in [6.45, 7) is 2.07. The van der Waals surface area contributed by atoms with Crippen LogP contribution in [0.25, 0.3) is 11.2 Å². The van der Waals surface area contributed by atoms with Gasteiger partial charge in [0, 0.05) is 13.2 Å². The summed E-state index contributed by atoms with van der Waals surface area (Å²) in [5.41, 5.74) is 6.83. The zero-order valence-corrected chi connectivity index (χ0v) is 15.8. The Morgan fingerprint density at radius 3 is 2.85 bits per heavy atom. The van der Waals surface area contributed by atoms with Crippen LogP contribution in [0, 0.1) is 5.92 Å². The molecule has 0 aromatic carbocycles. The molecule has 0 radical (unpaired) electrons. The molecule has 8 heteroatoms. The van der Waals surface area contributed by atoms with Gasteiger partial charge >= 0.3 is 11.7 Å². The molecule has 1 saturated carbocycles. The summed E-state index contributed by atoms with van der Waals surface area (Å²) in [5.74, 6) is 1.04. The lowest BCUT2D eigenvalue weighted by Crippen LogP contribution is -2.20. The minimum Gasteiger partial charge on any atom is -0.463 e. The monoisotopic (exact) mass is 375 g/mol. The number of hydrogen-bond donors (Lipinski definition) is 2. The predicted molar refractivity (Wildman–Crippen MR) is 103 cm³/mol. The number of nitrogens with zero attached hydrogens (tertiary/aromatic N) is 3. The Morgan fingerprint density at radius 1 is 1.19 bits per heavy atom. The van der Waals surface area contributed by atoms with Crippen LogP contribution in [-0.4, -0.2) is 38.8 Å². The number of ether oxygens (including phenoxy) is 2. The van der Waals surface area contributed by atoms with Crippen molar-refractivity contribution >= 4 is 17.0 Å². The molecule has 4 rings (SSSR count). The Balaban J connectivity index is 1.38. The van der Waals surface area contributed by atoms with Crippen LogP contribution in [0.4, 0.5) is 5.82 Å². The average molecular weight is 375 g/mol. The number of imidazole rings is 1. The molecule has 1 aliphatic heterocycles. The maximum absolute atomic E-state index is 12.3. The quantitative estimate of drug-likeness (QED) is 0.652. The zero-order valence-electron chi connectivity index (χ0n) is 15.8. The molecule has 1 saturated heterocycles. The van der Waals surface area contributed by atoms with Crippen LogP contribution in [0.15, 0.2) is 4.79 Å². The van der Waals surface area contributed by atoms with E-state index in [-0.39, 0.29) is 17.5 Å². The van der Waals surface area contributed by atoms with Crippen molar-refractivity contribution in [1.82, 2.24) is 19.5 Å². The van der Waals surface area contributed by atoms with Crippen LogP contribution >= 0.6 is 0 Å². The number of nitrogens with two attached hydrogens (primary N) is 1. The Hall–Kier alpha value is -2.09. The van der Waals surface area contributed by atoms with Gasteiger partial charge in [0.05, 0.1) is 12.7 Å². The smallest absolute Gasteiger partial charge is 0.327 e. The van der Waals surface area contributed by atoms with Gasteiger partial charge in [-0.25, -0.2) is 4.79 Å². The van der Waals surface area contributed by atoms with E-state index < -0.39 is 0 Å². The Kier molecular flexibility index (Phi) is 5.61. The van der Waals surface area contributed by atoms with E-state index in [0.29, 0.717) is 30.4 Å². The molecule has 1 unspecified atom stereocenters. The number of anilines is 1. The molecule has 1 atom stereocenters. The summed E-state index contributed by atoms with van der Waals surface area (Å²) >= 11 is 0. The van der Waals surface area contributed by atoms with Gasteiger partial charge < -0.3 is 20.2 Å². The fourth-order valence-electron chi connectivity index (χ4n) is 3.70. The predicted octanol–water partition coefficient (Wildman–Crippen LogP) is 2.62. The van der Waals surface area contributed by atoms with Crippen molar-refractivity contribution in [3.63, 3.8) is 0 Å². The van der Waals surface area contributed by atoms with Gasteiger partial charge in [0.25, 0.3) is 0 Å². The number of nitrogens with one attached hydrogen (secondary N) is 1. The molecule has 8 nitrogen and oxygen atoms in total. The molecule has 2 aromatic heterocycles. The number of nitrogen functional groups attached to an aromatic ring is 1. The van der Waals surface area contributed by atoms with Gasteiger partial charge in [-0.15, -0.1) is 0 Å². The van der Waals surface area contributed by atoms with E-state index in [2.05, 4.69) is 15.0 Å². The average Bonchev–Trinajstić information content (AvgIpc) is 3.43. The van der Waals surface area contributed by atoms with E-state index >= 15 is 0 Å². The highest BCUT2D eigenvalue weighted by Crippen LogP contribution is 2.32. The SMILES string of the molecule is Nc1nc(OCCC2CC2)nc2c1[nH]c(=O)n2CCCCC1CCCCO1. The topological polar surface area (TPSA) is 108 Å². The van der Waals surface area contributed by atoms with Crippen LogP contribution in [-0.2, 0) is 11.3 Å². The molecule has 2 aromatic rings. The van der Waals surface area contributed by atoms with E-state index in [1.54, 1.807) is 4.57 Å². The van der Waals surface area contributed by atoms with Crippen molar-refractivity contribution in [2.24, 2.45) is 5.92 Å². The van der Waals surface area contributed by atoms with Crippen molar-refractivity contribution in [1.29, 1.82) is 0 Å². The first kappa shape index (κ1) is 18.3. The van der Waals surface area contributed by atoms with Gasteiger partial charge in [-0.2, -0.15) is 9.97 Å². The Bertz CT molecular complexity index is 821. The number of H-pyrrole nitrogens is 1. The second-order valence-electron chi connectivity index (χ2n) is 7.74. The maximum atomic E-state index is 12.3. The number of rotatable bonds is 9. The van der Waals surface area contributed by atoms with Crippen LogP contribution in [0.2, 0.25) is 0 Å². The lowest BCUT2D eigenvalue weighted by atomic mass is 10.0. The van der Waals surface area contributed by atoms with Crippen molar-refractivity contribution in [3.05, 3.63) is 10.5 Å². The van der Waals surface area contributed by atoms with E-state index in [9.17, 15) is 4.79 Å². The minimum absolute atomic E-state index is 0.199. The first-order valence-corrected chi connectivity index (χ1v) is 10.2. The molecule has 2 aliphatic rings. The highest BCUT2D eigenvalue weighted by molar-refractivity contribution is 5.81. The summed E-state index contributed by atoms with van der Waals surface area (Å²) < 4.78 is 13.1. The molecular formula is C19H29N5O3. The van der Waals surface area contributed by atoms with E-state index in [4.69, 9.17) is 15.2 Å². The largest absolute Gasteiger partial charge is 0.463 e. The molecule has 3 heterocycles. The fraction of sp³-hybridized carbons (Fsp3) is 0.737. The summed E-state index contributed by atoms with van der Waals surface area (Å²) in [6, 6.07) is 0.254. The lowest BCUT2D eigenvalue weighted by molar-refractivity contribution is 0.00971. The van der Waals surface area contributed by atoms with Crippen LogP contribution in [0.5, 0.6) is 6.01 Å². The van der Waals surface area contributed by atoms with Crippen molar-refractivity contribution in [2.75, 3.05) is 18.9 Å². The molecule has 0 bridgehead atoms. The first-order chi connectivity index (χ1) is 13.2. The second kappa shape index (κ2) is 8.29. The fourth-order valence-corrected chi connectivity index (χ4v) is 3.70. The summed E-state index contributed by atoms with van der Waals surface area (Å²) in [7, 11) is 0. The molecule has 2 fully saturated rings. The lowest BCUT2D eigenvalue weighted by Gasteiger charge is -2.22. The van der Waals surface area contributed by atoms with Crippen LogP contribution in [0.3, 0.4) is 0 Å². The third kappa shape index (κ3) is 4.61. The molecule has 27 heavy (non-hydrogen) atoms. The van der Waals surface area contributed by atoms with Gasteiger partial charge in [0.2, 0.25) is 0 Å². The maximum Gasteiger partial charge on any atom is 0.327 e. The van der Waals surface area contributed by atoms with E-state index in [0.717, 1.165) is 44.6 Å². The summed E-state index contributed by atoms with van der Waals surface area (Å²) in [6.07, 6.45) is 10.5. The first-order valence-electron chi connectivity index (χ1n) is 10.2. The number of unbranched alkanes of at least 4 members (excludes halogenated alkanes) is 1.